The smallest absolute Gasteiger partial charge is 0.251 e. The Hall–Kier alpha value is -3.41. The van der Waals surface area contributed by atoms with Crippen LogP contribution in [0.5, 0.6) is 0 Å². The van der Waals surface area contributed by atoms with E-state index in [-0.39, 0.29) is 5.91 Å². The van der Waals surface area contributed by atoms with Crippen molar-refractivity contribution in [2.24, 2.45) is 0 Å². The highest BCUT2D eigenvalue weighted by molar-refractivity contribution is 5.96. The zero-order valence-corrected chi connectivity index (χ0v) is 16.9. The molecule has 2 heterocycles. The van der Waals surface area contributed by atoms with Gasteiger partial charge < -0.3 is 15.1 Å². The van der Waals surface area contributed by atoms with Gasteiger partial charge in [0.25, 0.3) is 5.91 Å². The number of aromatic nitrogens is 2. The Balaban J connectivity index is 1.36. The summed E-state index contributed by atoms with van der Waals surface area (Å²) in [7, 11) is 0. The lowest BCUT2D eigenvalue weighted by Gasteiger charge is -2.19. The number of benzene rings is 1. The van der Waals surface area contributed by atoms with E-state index in [1.54, 1.807) is 6.26 Å². The molecule has 1 aromatic carbocycles. The van der Waals surface area contributed by atoms with Crippen molar-refractivity contribution in [1.29, 1.82) is 0 Å². The molecule has 6 nitrogen and oxygen atoms in total. The number of amides is 1. The number of rotatable bonds is 6. The van der Waals surface area contributed by atoms with Crippen LogP contribution in [0.4, 0.5) is 5.95 Å². The monoisotopic (exact) mass is 400 g/mol. The molecular formula is C24H24N4O2. The molecule has 2 aliphatic carbocycles. The number of nitrogens with zero attached hydrogens (tertiary/aromatic N) is 2. The Morgan fingerprint density at radius 2 is 2.13 bits per heavy atom. The summed E-state index contributed by atoms with van der Waals surface area (Å²) >= 11 is 0. The predicted molar refractivity (Wildman–Crippen MR) is 116 cm³/mol. The van der Waals surface area contributed by atoms with Crippen LogP contribution in [-0.2, 0) is 13.0 Å². The molecule has 0 radical (unpaired) electrons. The van der Waals surface area contributed by atoms with Crippen molar-refractivity contribution in [2.75, 3.05) is 5.32 Å². The molecule has 2 N–H and O–H groups in total. The highest BCUT2D eigenvalue weighted by Gasteiger charge is 2.24. The zero-order chi connectivity index (χ0) is 20.5. The molecule has 5 rings (SSSR count). The van der Waals surface area contributed by atoms with Gasteiger partial charge in [0.15, 0.2) is 0 Å². The highest BCUT2D eigenvalue weighted by atomic mass is 16.3. The standard InChI is InChI=1S/C24H24N4O2/c1-15-4-5-17(23(29)27-19-7-8-19)12-21(15)16-6-9-22-18(11-16)13-25-24(28-22)26-14-20-3-2-10-30-20/h2-5,10-13,19H,6-9,14H2,1H3,(H,27,29)(H,25,26,28). The molecule has 2 aliphatic rings. The summed E-state index contributed by atoms with van der Waals surface area (Å²) in [5.41, 5.74) is 6.32. The van der Waals surface area contributed by atoms with Gasteiger partial charge in [0.05, 0.1) is 18.5 Å². The number of hydrogen-bond acceptors (Lipinski definition) is 5. The minimum Gasteiger partial charge on any atom is -0.467 e. The van der Waals surface area contributed by atoms with Gasteiger partial charge in [0.2, 0.25) is 5.95 Å². The lowest BCUT2D eigenvalue weighted by molar-refractivity contribution is 0.0951. The van der Waals surface area contributed by atoms with Crippen molar-refractivity contribution in [3.63, 3.8) is 0 Å². The Bertz CT molecular complexity index is 1110. The van der Waals surface area contributed by atoms with Crippen LogP contribution in [0.2, 0.25) is 0 Å². The molecular weight excluding hydrogens is 376 g/mol. The Labute approximate surface area is 175 Å². The molecule has 152 valence electrons. The fourth-order valence-electron chi connectivity index (χ4n) is 3.74. The molecule has 6 heteroatoms. The van der Waals surface area contributed by atoms with E-state index in [9.17, 15) is 4.79 Å². The van der Waals surface area contributed by atoms with Gasteiger partial charge in [-0.05, 0) is 79.6 Å². The SMILES string of the molecule is Cc1ccc(C(=O)NC2CC2)cc1C1=Cc2cnc(NCc3ccco3)nc2CC1. The number of fused-ring (bicyclic) bond motifs is 1. The first kappa shape index (κ1) is 18.6. The van der Waals surface area contributed by atoms with Crippen molar-refractivity contribution >= 4 is 23.5 Å². The molecule has 0 spiro atoms. The number of carbonyl (C=O) groups excluding carboxylic acids is 1. The van der Waals surface area contributed by atoms with Crippen LogP contribution in [0, 0.1) is 6.92 Å². The second kappa shape index (κ2) is 7.78. The van der Waals surface area contributed by atoms with Crippen LogP contribution in [-0.4, -0.2) is 21.9 Å². The average molecular weight is 400 g/mol. The van der Waals surface area contributed by atoms with Gasteiger partial charge in [-0.15, -0.1) is 0 Å². The lowest BCUT2D eigenvalue weighted by atomic mass is 9.89. The van der Waals surface area contributed by atoms with Gasteiger partial charge in [-0.25, -0.2) is 9.97 Å². The Kier molecular flexibility index (Phi) is 4.83. The van der Waals surface area contributed by atoms with Gasteiger partial charge in [-0.1, -0.05) is 6.07 Å². The third-order valence-corrected chi connectivity index (χ3v) is 5.62. The van der Waals surface area contributed by atoms with E-state index in [4.69, 9.17) is 4.42 Å². The molecule has 30 heavy (non-hydrogen) atoms. The number of carbonyl (C=O) groups is 1. The second-order valence-electron chi connectivity index (χ2n) is 7.98. The molecule has 0 aliphatic heterocycles. The summed E-state index contributed by atoms with van der Waals surface area (Å²) in [6.45, 7) is 2.65. The van der Waals surface area contributed by atoms with Crippen molar-refractivity contribution in [3.05, 3.63) is 76.5 Å². The first-order valence-electron chi connectivity index (χ1n) is 10.4. The third kappa shape index (κ3) is 3.99. The second-order valence-corrected chi connectivity index (χ2v) is 7.98. The molecule has 3 aromatic rings. The minimum absolute atomic E-state index is 0.0196. The van der Waals surface area contributed by atoms with Crippen LogP contribution in [0.3, 0.4) is 0 Å². The molecule has 0 bridgehead atoms. The van der Waals surface area contributed by atoms with E-state index >= 15 is 0 Å². The molecule has 1 fully saturated rings. The van der Waals surface area contributed by atoms with Crippen LogP contribution >= 0.6 is 0 Å². The molecule has 1 saturated carbocycles. The Morgan fingerprint density at radius 3 is 2.93 bits per heavy atom. The van der Waals surface area contributed by atoms with E-state index in [0.29, 0.717) is 18.5 Å². The summed E-state index contributed by atoms with van der Waals surface area (Å²) < 4.78 is 5.34. The van der Waals surface area contributed by atoms with Crippen molar-refractivity contribution in [3.8, 4) is 0 Å². The molecule has 0 unspecified atom stereocenters. The predicted octanol–water partition coefficient (Wildman–Crippen LogP) is 4.37. The van der Waals surface area contributed by atoms with Gasteiger partial charge >= 0.3 is 0 Å². The van der Waals surface area contributed by atoms with Crippen LogP contribution in [0.25, 0.3) is 11.6 Å². The van der Waals surface area contributed by atoms with Gasteiger partial charge in [0, 0.05) is 23.4 Å². The number of nitrogens with one attached hydrogen (secondary N) is 2. The number of hydrogen-bond donors (Lipinski definition) is 2. The first-order valence-corrected chi connectivity index (χ1v) is 10.4. The van der Waals surface area contributed by atoms with Gasteiger partial charge in [-0.3, -0.25) is 4.79 Å². The fraction of sp³-hybridized carbons (Fsp3) is 0.292. The number of anilines is 1. The van der Waals surface area contributed by atoms with Crippen LogP contribution in [0.1, 0.15) is 57.8 Å². The van der Waals surface area contributed by atoms with E-state index in [2.05, 4.69) is 33.6 Å². The minimum atomic E-state index is 0.0196. The van der Waals surface area contributed by atoms with Crippen molar-refractivity contribution in [1.82, 2.24) is 15.3 Å². The average Bonchev–Trinajstić information content (AvgIpc) is 3.42. The quantitative estimate of drug-likeness (QED) is 0.642. The van der Waals surface area contributed by atoms with Crippen LogP contribution < -0.4 is 10.6 Å². The normalized spacial score (nSPS) is 15.3. The molecule has 0 atom stereocenters. The molecule has 1 amide bonds. The third-order valence-electron chi connectivity index (χ3n) is 5.62. The Morgan fingerprint density at radius 1 is 1.23 bits per heavy atom. The maximum absolute atomic E-state index is 12.5. The summed E-state index contributed by atoms with van der Waals surface area (Å²) in [6, 6.07) is 10.1. The van der Waals surface area contributed by atoms with Crippen molar-refractivity contribution < 1.29 is 9.21 Å². The summed E-state index contributed by atoms with van der Waals surface area (Å²) in [5.74, 6) is 1.47. The summed E-state index contributed by atoms with van der Waals surface area (Å²) in [5, 5.41) is 6.28. The molecule has 2 aromatic heterocycles. The summed E-state index contributed by atoms with van der Waals surface area (Å²) in [4.78, 5) is 21.6. The van der Waals surface area contributed by atoms with E-state index in [1.807, 2.05) is 36.5 Å². The highest BCUT2D eigenvalue weighted by Crippen LogP contribution is 2.32. The van der Waals surface area contributed by atoms with Crippen molar-refractivity contribution in [2.45, 2.75) is 45.2 Å². The zero-order valence-electron chi connectivity index (χ0n) is 16.9. The molecule has 0 saturated heterocycles. The maximum Gasteiger partial charge on any atom is 0.251 e. The maximum atomic E-state index is 12.5. The fourth-order valence-corrected chi connectivity index (χ4v) is 3.74. The largest absolute Gasteiger partial charge is 0.467 e. The van der Waals surface area contributed by atoms with Gasteiger partial charge in [0.1, 0.15) is 5.76 Å². The van der Waals surface area contributed by atoms with Crippen LogP contribution in [0.15, 0.2) is 47.2 Å². The van der Waals surface area contributed by atoms with E-state index in [0.717, 1.165) is 53.8 Å². The topological polar surface area (TPSA) is 80.0 Å². The number of aryl methyl sites for hydroxylation is 2. The number of furan rings is 1. The van der Waals surface area contributed by atoms with E-state index in [1.165, 1.54) is 11.1 Å². The lowest BCUT2D eigenvalue weighted by Crippen LogP contribution is -2.25. The van der Waals surface area contributed by atoms with E-state index < -0.39 is 0 Å². The first-order chi connectivity index (χ1) is 14.7. The summed E-state index contributed by atoms with van der Waals surface area (Å²) in [6.07, 6.45) is 9.58. The van der Waals surface area contributed by atoms with Gasteiger partial charge in [-0.2, -0.15) is 0 Å². The number of allylic oxidation sites excluding steroid dienone is 1.